The molecule has 0 aromatic carbocycles. The molecule has 3 atom stereocenters. The van der Waals surface area contributed by atoms with Gasteiger partial charge in [0, 0.05) is 5.92 Å². The van der Waals surface area contributed by atoms with E-state index in [-0.39, 0.29) is 5.92 Å². The molecule has 3 heteroatoms. The van der Waals surface area contributed by atoms with Crippen LogP contribution in [0.5, 0.6) is 0 Å². The Morgan fingerprint density at radius 2 is 1.92 bits per heavy atom. The average molecular weight is 178 g/mol. The van der Waals surface area contributed by atoms with Crippen LogP contribution in [0.2, 0.25) is 0 Å². The molecular weight excluding hydrogens is 165 g/mol. The Kier molecular flexibility index (Phi) is 1.85. The Labute approximate surface area is 70.1 Å². The highest BCUT2D eigenvalue weighted by Gasteiger charge is 2.51. The lowest BCUT2D eigenvalue weighted by atomic mass is 9.84. The molecule has 12 heavy (non-hydrogen) atoms. The third kappa shape index (κ3) is 1.14. The van der Waals surface area contributed by atoms with Gasteiger partial charge in [0.2, 0.25) is 0 Å². The smallest absolute Gasteiger partial charge is 0.244 e. The summed E-state index contributed by atoms with van der Waals surface area (Å²) >= 11 is 0. The summed E-state index contributed by atoms with van der Waals surface area (Å²) in [6, 6.07) is 0. The van der Waals surface area contributed by atoms with Gasteiger partial charge in [-0.3, -0.25) is 0 Å². The molecule has 0 nitrogen and oxygen atoms in total. The van der Waals surface area contributed by atoms with Crippen LogP contribution in [0, 0.1) is 17.8 Å². The predicted octanol–water partition coefficient (Wildman–Crippen LogP) is 3.03. The summed E-state index contributed by atoms with van der Waals surface area (Å²) < 4.78 is 37.9. The standard InChI is InChI=1S/C9H13F3/c10-5-9(11,12)8-4-6-1-2-7(8)3-6/h6-8H,1-5H2. The molecular formula is C9H13F3. The minimum Gasteiger partial charge on any atom is -0.244 e. The van der Waals surface area contributed by atoms with Crippen molar-refractivity contribution in [3.63, 3.8) is 0 Å². The number of alkyl halides is 3. The fraction of sp³-hybridized carbons (Fsp3) is 1.00. The molecule has 0 aromatic heterocycles. The monoisotopic (exact) mass is 178 g/mol. The minimum absolute atomic E-state index is 0.112. The van der Waals surface area contributed by atoms with E-state index in [2.05, 4.69) is 0 Å². The second kappa shape index (κ2) is 2.64. The van der Waals surface area contributed by atoms with Crippen molar-refractivity contribution in [1.29, 1.82) is 0 Å². The van der Waals surface area contributed by atoms with Gasteiger partial charge < -0.3 is 0 Å². The molecule has 0 amide bonds. The Morgan fingerprint density at radius 3 is 2.33 bits per heavy atom. The first kappa shape index (κ1) is 8.39. The largest absolute Gasteiger partial charge is 0.278 e. The van der Waals surface area contributed by atoms with Crippen molar-refractivity contribution in [2.75, 3.05) is 6.67 Å². The van der Waals surface area contributed by atoms with Crippen molar-refractivity contribution >= 4 is 0 Å². The first-order chi connectivity index (χ1) is 5.63. The van der Waals surface area contributed by atoms with Gasteiger partial charge >= 0.3 is 0 Å². The van der Waals surface area contributed by atoms with Gasteiger partial charge in [0.1, 0.15) is 0 Å². The summed E-state index contributed by atoms with van der Waals surface area (Å²) in [5.41, 5.74) is 0. The van der Waals surface area contributed by atoms with Crippen LogP contribution in [-0.4, -0.2) is 12.6 Å². The van der Waals surface area contributed by atoms with Crippen molar-refractivity contribution in [2.45, 2.75) is 31.6 Å². The highest BCUT2D eigenvalue weighted by Crippen LogP contribution is 2.53. The van der Waals surface area contributed by atoms with Gasteiger partial charge in [-0.2, -0.15) is 0 Å². The number of hydrogen-bond acceptors (Lipinski definition) is 0. The Bertz CT molecular complexity index is 179. The molecule has 0 N–H and O–H groups in total. The molecule has 2 aliphatic carbocycles. The number of hydrogen-bond donors (Lipinski definition) is 0. The van der Waals surface area contributed by atoms with E-state index < -0.39 is 18.5 Å². The van der Waals surface area contributed by atoms with Gasteiger partial charge in [-0.1, -0.05) is 6.42 Å². The molecule has 0 spiro atoms. The van der Waals surface area contributed by atoms with Gasteiger partial charge in [0.15, 0.2) is 6.67 Å². The summed E-state index contributed by atoms with van der Waals surface area (Å²) in [5.74, 6) is -3.11. The van der Waals surface area contributed by atoms with Crippen LogP contribution >= 0.6 is 0 Å². The van der Waals surface area contributed by atoms with E-state index in [0.29, 0.717) is 12.3 Å². The Balaban J connectivity index is 2.06. The highest BCUT2D eigenvalue weighted by atomic mass is 19.3. The average Bonchev–Trinajstić information content (AvgIpc) is 2.64. The maximum Gasteiger partial charge on any atom is 0.278 e. The normalized spacial score (nSPS) is 40.8. The molecule has 0 saturated heterocycles. The molecule has 2 rings (SSSR count). The highest BCUT2D eigenvalue weighted by molar-refractivity contribution is 4.95. The molecule has 2 fully saturated rings. The van der Waals surface area contributed by atoms with Crippen LogP contribution in [0.25, 0.3) is 0 Å². The van der Waals surface area contributed by atoms with Crippen molar-refractivity contribution in [3.8, 4) is 0 Å². The van der Waals surface area contributed by atoms with Crippen LogP contribution in [0.4, 0.5) is 13.2 Å². The van der Waals surface area contributed by atoms with E-state index >= 15 is 0 Å². The van der Waals surface area contributed by atoms with Crippen LogP contribution < -0.4 is 0 Å². The molecule has 2 bridgehead atoms. The third-order valence-electron chi connectivity index (χ3n) is 3.46. The fourth-order valence-corrected chi connectivity index (χ4v) is 2.86. The van der Waals surface area contributed by atoms with Gasteiger partial charge in [-0.05, 0) is 31.1 Å². The lowest BCUT2D eigenvalue weighted by molar-refractivity contribution is -0.0935. The van der Waals surface area contributed by atoms with E-state index in [1.165, 1.54) is 0 Å². The van der Waals surface area contributed by atoms with Gasteiger partial charge in [-0.15, -0.1) is 0 Å². The van der Waals surface area contributed by atoms with Crippen LogP contribution in [0.3, 0.4) is 0 Å². The Hall–Kier alpha value is -0.210. The predicted molar refractivity (Wildman–Crippen MR) is 39.9 cm³/mol. The quantitative estimate of drug-likeness (QED) is 0.609. The van der Waals surface area contributed by atoms with Crippen molar-refractivity contribution in [2.24, 2.45) is 17.8 Å². The molecule has 70 valence electrons. The van der Waals surface area contributed by atoms with Crippen LogP contribution in [0.1, 0.15) is 25.7 Å². The summed E-state index contributed by atoms with van der Waals surface area (Å²) in [6.45, 7) is -1.47. The van der Waals surface area contributed by atoms with Crippen molar-refractivity contribution < 1.29 is 13.2 Å². The molecule has 0 aromatic rings. The van der Waals surface area contributed by atoms with Crippen molar-refractivity contribution in [3.05, 3.63) is 0 Å². The molecule has 0 heterocycles. The molecule has 2 aliphatic rings. The first-order valence-corrected chi connectivity index (χ1v) is 4.57. The first-order valence-electron chi connectivity index (χ1n) is 4.57. The second-order valence-corrected chi connectivity index (χ2v) is 4.18. The fourth-order valence-electron chi connectivity index (χ4n) is 2.86. The maximum atomic E-state index is 12.9. The van der Waals surface area contributed by atoms with E-state index in [1.807, 2.05) is 0 Å². The zero-order valence-corrected chi connectivity index (χ0v) is 6.90. The third-order valence-corrected chi connectivity index (χ3v) is 3.46. The molecule has 2 saturated carbocycles. The minimum atomic E-state index is -3.04. The topological polar surface area (TPSA) is 0 Å². The summed E-state index contributed by atoms with van der Waals surface area (Å²) in [4.78, 5) is 0. The maximum absolute atomic E-state index is 12.9. The zero-order chi connectivity index (χ0) is 8.77. The van der Waals surface area contributed by atoms with Crippen molar-refractivity contribution in [1.82, 2.24) is 0 Å². The lowest BCUT2D eigenvalue weighted by Gasteiger charge is -2.27. The SMILES string of the molecule is FCC(F)(F)C1CC2CCC1C2. The number of fused-ring (bicyclic) bond motifs is 2. The number of rotatable bonds is 2. The van der Waals surface area contributed by atoms with E-state index in [1.54, 1.807) is 0 Å². The van der Waals surface area contributed by atoms with Crippen LogP contribution in [0.15, 0.2) is 0 Å². The summed E-state index contributed by atoms with van der Waals surface area (Å²) in [7, 11) is 0. The zero-order valence-electron chi connectivity index (χ0n) is 6.90. The Morgan fingerprint density at radius 1 is 1.17 bits per heavy atom. The summed E-state index contributed by atoms with van der Waals surface area (Å²) in [5, 5.41) is 0. The van der Waals surface area contributed by atoms with E-state index in [9.17, 15) is 13.2 Å². The molecule has 3 unspecified atom stereocenters. The van der Waals surface area contributed by atoms with Crippen LogP contribution in [-0.2, 0) is 0 Å². The van der Waals surface area contributed by atoms with E-state index in [4.69, 9.17) is 0 Å². The summed E-state index contributed by atoms with van der Waals surface area (Å²) in [6.07, 6.45) is 3.45. The second-order valence-electron chi connectivity index (χ2n) is 4.18. The van der Waals surface area contributed by atoms with Gasteiger partial charge in [0.05, 0.1) is 0 Å². The number of halogens is 3. The lowest BCUT2D eigenvalue weighted by Crippen LogP contribution is -2.34. The molecule has 0 radical (unpaired) electrons. The van der Waals surface area contributed by atoms with E-state index in [0.717, 1.165) is 19.3 Å². The van der Waals surface area contributed by atoms with Gasteiger partial charge in [-0.25, -0.2) is 13.2 Å². The molecule has 0 aliphatic heterocycles. The van der Waals surface area contributed by atoms with Gasteiger partial charge in [0.25, 0.3) is 5.92 Å².